The second kappa shape index (κ2) is 26.4. The zero-order valence-corrected chi connectivity index (χ0v) is 29.7. The van der Waals surface area contributed by atoms with Gasteiger partial charge in [-0.25, -0.2) is 4.18 Å². The number of aliphatic hydroxyl groups excluding tert-OH is 5. The highest BCUT2D eigenvalue weighted by Crippen LogP contribution is 2.26. The van der Waals surface area contributed by atoms with Gasteiger partial charge >= 0.3 is 10.4 Å². The predicted octanol–water partition coefficient (Wildman–Crippen LogP) is 3.62. The zero-order chi connectivity index (χ0) is 35.8. The van der Waals surface area contributed by atoms with Gasteiger partial charge in [0.2, 0.25) is 5.91 Å². The standard InChI is InChI=1S/C34H63NO12S/c1-3-5-7-9-11-13-14-15-17-19-21-23-28(38)33(41)35-26(27(37)22-20-18-16-12-10-8-6-4-2)25-45-34-31(40)32(47-48(42,43)44)30(39)29(24-36)46-34/h11,13,20,22,26-32,34,36-40H,3-10,12,14-19,21,23-25H2,1-2H3,(H,35,41)(H,42,43,44)/b13-11-,22-20+. The van der Waals surface area contributed by atoms with E-state index in [2.05, 4.69) is 35.5 Å². The Morgan fingerprint density at radius 1 is 0.833 bits per heavy atom. The normalized spacial score (nSPS) is 23.9. The molecule has 0 spiro atoms. The number of allylic oxidation sites excluding steroid dienone is 3. The van der Waals surface area contributed by atoms with Crippen LogP contribution < -0.4 is 5.32 Å². The van der Waals surface area contributed by atoms with Gasteiger partial charge in [-0.05, 0) is 44.9 Å². The van der Waals surface area contributed by atoms with E-state index in [0.29, 0.717) is 12.8 Å². The van der Waals surface area contributed by atoms with Crippen LogP contribution >= 0.6 is 0 Å². The van der Waals surface area contributed by atoms with Crippen LogP contribution in [0.15, 0.2) is 24.3 Å². The van der Waals surface area contributed by atoms with Crippen LogP contribution in [0.2, 0.25) is 0 Å². The SMILES string of the molecule is CCCCC/C=C\CCCCCCC(O)C(=O)NC(COC1OC(CO)C(O)C(OS(=O)(=O)O)C1O)C(O)/C=C/CCCCCCCC. The third-order valence-corrected chi connectivity index (χ3v) is 8.80. The zero-order valence-electron chi connectivity index (χ0n) is 28.9. The van der Waals surface area contributed by atoms with E-state index in [1.807, 2.05) is 0 Å². The molecule has 0 aromatic rings. The van der Waals surface area contributed by atoms with Gasteiger partial charge in [0.25, 0.3) is 0 Å². The molecule has 8 unspecified atom stereocenters. The Hall–Kier alpha value is -1.46. The summed E-state index contributed by atoms with van der Waals surface area (Å²) in [6.45, 7) is 3.06. The Morgan fingerprint density at radius 3 is 1.98 bits per heavy atom. The molecule has 14 heteroatoms. The van der Waals surface area contributed by atoms with E-state index in [-0.39, 0.29) is 6.42 Å². The summed E-state index contributed by atoms with van der Waals surface area (Å²) in [7, 11) is -5.11. The lowest BCUT2D eigenvalue weighted by Crippen LogP contribution is -2.61. The van der Waals surface area contributed by atoms with Gasteiger partial charge in [0.1, 0.15) is 30.5 Å². The fraction of sp³-hybridized carbons (Fsp3) is 0.853. The lowest BCUT2D eigenvalue weighted by molar-refractivity contribution is -0.298. The fourth-order valence-corrected chi connectivity index (χ4v) is 5.90. The van der Waals surface area contributed by atoms with Gasteiger partial charge in [-0.3, -0.25) is 9.35 Å². The third-order valence-electron chi connectivity index (χ3n) is 8.33. The molecular formula is C34H63NO12S. The molecule has 0 saturated carbocycles. The van der Waals surface area contributed by atoms with Crippen LogP contribution in [0.25, 0.3) is 0 Å². The van der Waals surface area contributed by atoms with Crippen LogP contribution in [0.4, 0.5) is 0 Å². The van der Waals surface area contributed by atoms with Crippen molar-refractivity contribution in [3.05, 3.63) is 24.3 Å². The molecule has 0 aromatic heterocycles. The molecule has 48 heavy (non-hydrogen) atoms. The highest BCUT2D eigenvalue weighted by atomic mass is 32.3. The Balaban J connectivity index is 2.76. The summed E-state index contributed by atoms with van der Waals surface area (Å²) in [6.07, 6.45) is 13.1. The van der Waals surface area contributed by atoms with Gasteiger partial charge in [0.15, 0.2) is 6.29 Å². The van der Waals surface area contributed by atoms with Crippen molar-refractivity contribution in [2.24, 2.45) is 0 Å². The van der Waals surface area contributed by atoms with Crippen LogP contribution in [0, 0.1) is 0 Å². The number of carbonyl (C=O) groups excluding carboxylic acids is 1. The molecular weight excluding hydrogens is 646 g/mol. The van der Waals surface area contributed by atoms with E-state index in [0.717, 1.165) is 57.8 Å². The van der Waals surface area contributed by atoms with Crippen molar-refractivity contribution in [1.82, 2.24) is 5.32 Å². The van der Waals surface area contributed by atoms with Crippen molar-refractivity contribution in [2.75, 3.05) is 13.2 Å². The first-order valence-electron chi connectivity index (χ1n) is 17.8. The number of rotatable bonds is 28. The number of nitrogens with one attached hydrogen (secondary N) is 1. The van der Waals surface area contributed by atoms with Crippen LogP contribution in [0.5, 0.6) is 0 Å². The highest BCUT2D eigenvalue weighted by Gasteiger charge is 2.48. The molecule has 1 aliphatic heterocycles. The molecule has 282 valence electrons. The Morgan fingerprint density at radius 2 is 1.38 bits per heavy atom. The van der Waals surface area contributed by atoms with Crippen molar-refractivity contribution in [3.63, 3.8) is 0 Å². The van der Waals surface area contributed by atoms with Crippen LogP contribution in [0.1, 0.15) is 123 Å². The first kappa shape index (κ1) is 44.6. The molecule has 7 N–H and O–H groups in total. The lowest BCUT2D eigenvalue weighted by atomic mass is 9.99. The first-order chi connectivity index (χ1) is 22.9. The summed E-state index contributed by atoms with van der Waals surface area (Å²) < 4.78 is 47.0. The van der Waals surface area contributed by atoms with Crippen LogP contribution in [-0.2, 0) is 28.9 Å². The van der Waals surface area contributed by atoms with Gasteiger partial charge < -0.3 is 40.3 Å². The van der Waals surface area contributed by atoms with Gasteiger partial charge in [-0.1, -0.05) is 102 Å². The minimum atomic E-state index is -5.11. The van der Waals surface area contributed by atoms with E-state index in [9.17, 15) is 38.7 Å². The number of hydrogen-bond donors (Lipinski definition) is 7. The summed E-state index contributed by atoms with van der Waals surface area (Å²) in [4.78, 5) is 12.9. The average Bonchev–Trinajstić information content (AvgIpc) is 3.05. The Labute approximate surface area is 287 Å². The van der Waals surface area contributed by atoms with E-state index in [1.54, 1.807) is 6.08 Å². The minimum Gasteiger partial charge on any atom is -0.394 e. The summed E-state index contributed by atoms with van der Waals surface area (Å²) in [5.74, 6) is -0.719. The smallest absolute Gasteiger partial charge is 0.394 e. The van der Waals surface area contributed by atoms with Crippen LogP contribution in [-0.4, -0.2) is 107 Å². The molecule has 13 nitrogen and oxygen atoms in total. The fourth-order valence-electron chi connectivity index (χ4n) is 5.39. The number of ether oxygens (including phenoxy) is 2. The number of unbranched alkanes of at least 4 members (excludes halogenated alkanes) is 13. The summed E-state index contributed by atoms with van der Waals surface area (Å²) >= 11 is 0. The highest BCUT2D eigenvalue weighted by molar-refractivity contribution is 7.80. The summed E-state index contributed by atoms with van der Waals surface area (Å²) in [5, 5.41) is 54.5. The molecule has 1 saturated heterocycles. The topological polar surface area (TPSA) is 212 Å². The minimum absolute atomic E-state index is 0.228. The average molecular weight is 710 g/mol. The maximum absolute atomic E-state index is 12.9. The quantitative estimate of drug-likeness (QED) is 0.0353. The first-order valence-corrected chi connectivity index (χ1v) is 19.2. The van der Waals surface area contributed by atoms with Crippen molar-refractivity contribution in [3.8, 4) is 0 Å². The molecule has 0 aromatic carbocycles. The number of carbonyl (C=O) groups is 1. The van der Waals surface area contributed by atoms with E-state index in [1.165, 1.54) is 38.2 Å². The van der Waals surface area contributed by atoms with Gasteiger partial charge in [0, 0.05) is 0 Å². The number of hydrogen-bond acceptors (Lipinski definition) is 11. The molecule has 1 amide bonds. The lowest BCUT2D eigenvalue weighted by Gasteiger charge is -2.41. The molecule has 1 fully saturated rings. The molecule has 0 bridgehead atoms. The number of amides is 1. The summed E-state index contributed by atoms with van der Waals surface area (Å²) in [5.41, 5.74) is 0. The largest absolute Gasteiger partial charge is 0.397 e. The van der Waals surface area contributed by atoms with Crippen molar-refractivity contribution >= 4 is 16.3 Å². The van der Waals surface area contributed by atoms with Crippen LogP contribution in [0.3, 0.4) is 0 Å². The molecule has 0 aliphatic carbocycles. The second-order valence-electron chi connectivity index (χ2n) is 12.6. The molecule has 1 heterocycles. The molecule has 0 radical (unpaired) electrons. The number of aliphatic hydroxyl groups is 5. The van der Waals surface area contributed by atoms with E-state index in [4.69, 9.17) is 14.0 Å². The Kier molecular flexibility index (Phi) is 24.5. The molecule has 1 aliphatic rings. The molecule has 8 atom stereocenters. The van der Waals surface area contributed by atoms with E-state index >= 15 is 0 Å². The van der Waals surface area contributed by atoms with E-state index < -0.39 is 78.5 Å². The van der Waals surface area contributed by atoms with Crippen molar-refractivity contribution < 1.29 is 57.0 Å². The second-order valence-corrected chi connectivity index (χ2v) is 13.6. The maximum atomic E-state index is 12.9. The molecule has 1 rings (SSSR count). The maximum Gasteiger partial charge on any atom is 0.397 e. The van der Waals surface area contributed by atoms with Gasteiger partial charge in [-0.15, -0.1) is 0 Å². The third kappa shape index (κ3) is 19.7. The van der Waals surface area contributed by atoms with Gasteiger partial charge in [-0.2, -0.15) is 8.42 Å². The monoisotopic (exact) mass is 709 g/mol. The van der Waals surface area contributed by atoms with Crippen molar-refractivity contribution in [1.29, 1.82) is 0 Å². The summed E-state index contributed by atoms with van der Waals surface area (Å²) in [6, 6.07) is -1.12. The van der Waals surface area contributed by atoms with Crippen molar-refractivity contribution in [2.45, 2.75) is 172 Å². The Bertz CT molecular complexity index is 995. The van der Waals surface area contributed by atoms with Gasteiger partial charge in [0.05, 0.1) is 25.4 Å². The predicted molar refractivity (Wildman–Crippen MR) is 182 cm³/mol.